The van der Waals surface area contributed by atoms with Gasteiger partial charge in [0.05, 0.1) is 6.04 Å². The first-order valence-corrected chi connectivity index (χ1v) is 13.9. The number of fused-ring (bicyclic) bond motifs is 1. The van der Waals surface area contributed by atoms with Crippen molar-refractivity contribution in [3.63, 3.8) is 0 Å². The van der Waals surface area contributed by atoms with Gasteiger partial charge in [-0.05, 0) is 67.5 Å². The number of anilines is 1. The van der Waals surface area contributed by atoms with Crippen molar-refractivity contribution in [2.75, 3.05) is 31.6 Å². The molecule has 2 atom stereocenters. The molecule has 1 N–H and O–H groups in total. The summed E-state index contributed by atoms with van der Waals surface area (Å²) in [5.41, 5.74) is 4.17. The van der Waals surface area contributed by atoms with Crippen LogP contribution in [0, 0.1) is 19.8 Å². The highest BCUT2D eigenvalue weighted by Crippen LogP contribution is 2.34. The van der Waals surface area contributed by atoms with E-state index < -0.39 is 0 Å². The largest absolute Gasteiger partial charge is 0.491 e. The summed E-state index contributed by atoms with van der Waals surface area (Å²) in [5.74, 6) is 1.01. The second-order valence-electron chi connectivity index (χ2n) is 9.97. The van der Waals surface area contributed by atoms with Gasteiger partial charge in [0, 0.05) is 23.7 Å². The number of rotatable bonds is 9. The van der Waals surface area contributed by atoms with Crippen LogP contribution in [0.25, 0.3) is 0 Å². The van der Waals surface area contributed by atoms with Gasteiger partial charge in [0.2, 0.25) is 5.91 Å². The summed E-state index contributed by atoms with van der Waals surface area (Å²) in [6.45, 7) is 9.80. The number of benzene rings is 2. The van der Waals surface area contributed by atoms with E-state index in [2.05, 4.69) is 30.6 Å². The lowest BCUT2D eigenvalue weighted by Crippen LogP contribution is -2.49. The van der Waals surface area contributed by atoms with Crippen LogP contribution in [0.3, 0.4) is 0 Å². The fourth-order valence-corrected chi connectivity index (χ4v) is 5.43. The first-order valence-electron chi connectivity index (χ1n) is 13.0. The molecule has 0 spiro atoms. The van der Waals surface area contributed by atoms with E-state index in [4.69, 9.17) is 4.74 Å². The number of urea groups is 1. The smallest absolute Gasteiger partial charge is 0.322 e. The summed E-state index contributed by atoms with van der Waals surface area (Å²) in [4.78, 5) is 31.8. The minimum atomic E-state index is -0.252. The molecule has 0 saturated carbocycles. The highest BCUT2D eigenvalue weighted by Gasteiger charge is 2.33. The Morgan fingerprint density at radius 3 is 2.43 bits per heavy atom. The number of hydrogen-bond acceptors (Lipinski definition) is 4. The second kappa shape index (κ2) is 12.3. The molecule has 0 bridgehead atoms. The molecule has 2 heterocycles. The minimum Gasteiger partial charge on any atom is -0.491 e. The molecule has 1 aliphatic heterocycles. The predicted molar refractivity (Wildman–Crippen MR) is 150 cm³/mol. The topological polar surface area (TPSA) is 61.9 Å². The molecular formula is C30H37N3O3S. The van der Waals surface area contributed by atoms with Crippen LogP contribution in [0.5, 0.6) is 5.75 Å². The number of ether oxygens (including phenoxy) is 1. The molecule has 0 radical (unpaired) electrons. The monoisotopic (exact) mass is 519 g/mol. The molecule has 196 valence electrons. The highest BCUT2D eigenvalue weighted by atomic mass is 32.1. The van der Waals surface area contributed by atoms with Gasteiger partial charge in [0.25, 0.3) is 0 Å². The molecule has 1 aliphatic rings. The van der Waals surface area contributed by atoms with Crippen molar-refractivity contribution < 1.29 is 14.3 Å². The van der Waals surface area contributed by atoms with E-state index in [-0.39, 0.29) is 30.4 Å². The van der Waals surface area contributed by atoms with Crippen LogP contribution < -0.4 is 10.1 Å². The van der Waals surface area contributed by atoms with Crippen molar-refractivity contribution in [2.45, 2.75) is 46.6 Å². The van der Waals surface area contributed by atoms with E-state index >= 15 is 0 Å². The van der Waals surface area contributed by atoms with E-state index in [1.165, 1.54) is 10.4 Å². The molecule has 0 unspecified atom stereocenters. The number of carbonyl (C=O) groups is 2. The molecule has 0 fully saturated rings. The van der Waals surface area contributed by atoms with Crippen LogP contribution in [-0.4, -0.2) is 48.0 Å². The molecular weight excluding hydrogens is 482 g/mol. The first-order chi connectivity index (χ1) is 17.8. The van der Waals surface area contributed by atoms with Crippen molar-refractivity contribution in [3.8, 4) is 5.75 Å². The molecule has 7 heteroatoms. The molecule has 3 amide bonds. The van der Waals surface area contributed by atoms with Gasteiger partial charge in [-0.2, -0.15) is 0 Å². The summed E-state index contributed by atoms with van der Waals surface area (Å²) in [7, 11) is 0. The maximum atomic E-state index is 13.7. The van der Waals surface area contributed by atoms with E-state index in [1.807, 2.05) is 67.3 Å². The number of amides is 3. The zero-order chi connectivity index (χ0) is 26.4. The Morgan fingerprint density at radius 1 is 1.08 bits per heavy atom. The van der Waals surface area contributed by atoms with Crippen molar-refractivity contribution in [3.05, 3.63) is 81.5 Å². The van der Waals surface area contributed by atoms with Gasteiger partial charge in [-0.15, -0.1) is 11.3 Å². The van der Waals surface area contributed by atoms with Gasteiger partial charge in [-0.1, -0.05) is 55.7 Å². The average molecular weight is 520 g/mol. The fourth-order valence-electron chi connectivity index (χ4n) is 4.50. The molecule has 37 heavy (non-hydrogen) atoms. The van der Waals surface area contributed by atoms with E-state index in [1.54, 1.807) is 16.2 Å². The molecule has 0 aliphatic carbocycles. The van der Waals surface area contributed by atoms with Gasteiger partial charge in [0.1, 0.15) is 18.9 Å². The summed E-state index contributed by atoms with van der Waals surface area (Å²) >= 11 is 1.73. The Labute approximate surface area is 224 Å². The number of carbonyl (C=O) groups excluding carboxylic acids is 2. The lowest BCUT2D eigenvalue weighted by Gasteiger charge is -2.37. The third-order valence-electron chi connectivity index (χ3n) is 6.99. The fraction of sp³-hybridized carbons (Fsp3) is 0.400. The third kappa shape index (κ3) is 6.92. The third-order valence-corrected chi connectivity index (χ3v) is 7.99. The van der Waals surface area contributed by atoms with Gasteiger partial charge in [-0.25, -0.2) is 4.79 Å². The predicted octanol–water partition coefficient (Wildman–Crippen LogP) is 6.45. The first kappa shape index (κ1) is 26.7. The van der Waals surface area contributed by atoms with Crippen molar-refractivity contribution in [2.24, 2.45) is 5.92 Å². The van der Waals surface area contributed by atoms with Crippen LogP contribution in [0.15, 0.2) is 60.0 Å². The Bertz CT molecular complexity index is 1190. The van der Waals surface area contributed by atoms with E-state index in [0.717, 1.165) is 35.4 Å². The Kier molecular flexibility index (Phi) is 8.87. The standard InChI is InChI=1S/C30H37N3O3S/c1-5-21(2)18-32(30(35)31-24-10-6-22(3)7-11-24)19-29(34)33-16-14-28-26(15-17-37-28)27(33)20-36-25-12-8-23(4)9-13-25/h6-13,15,17,21,27H,5,14,16,18-20H2,1-4H3,(H,31,35)/t21-,27+/m0/s1. The molecule has 6 nitrogen and oxygen atoms in total. The minimum absolute atomic E-state index is 0.0303. The summed E-state index contributed by atoms with van der Waals surface area (Å²) in [6.07, 6.45) is 1.75. The van der Waals surface area contributed by atoms with Crippen molar-refractivity contribution >= 4 is 29.0 Å². The van der Waals surface area contributed by atoms with Crippen molar-refractivity contribution in [1.82, 2.24) is 9.80 Å². The van der Waals surface area contributed by atoms with Gasteiger partial charge < -0.3 is 19.9 Å². The quantitative estimate of drug-likeness (QED) is 0.353. The normalized spacial score (nSPS) is 15.6. The molecule has 0 saturated heterocycles. The number of hydrogen-bond donors (Lipinski definition) is 1. The zero-order valence-electron chi connectivity index (χ0n) is 22.2. The SMILES string of the molecule is CC[C@H](C)CN(CC(=O)N1CCc2sccc2[C@H]1COc1ccc(C)cc1)C(=O)Nc1ccc(C)cc1. The summed E-state index contributed by atoms with van der Waals surface area (Å²) < 4.78 is 6.15. The Hall–Kier alpha value is -3.32. The van der Waals surface area contributed by atoms with Crippen LogP contribution >= 0.6 is 11.3 Å². The summed E-state index contributed by atoms with van der Waals surface area (Å²) in [6, 6.07) is 17.3. The number of thiophene rings is 1. The van der Waals surface area contributed by atoms with E-state index in [9.17, 15) is 9.59 Å². The van der Waals surface area contributed by atoms with Crippen LogP contribution in [0.2, 0.25) is 0 Å². The highest BCUT2D eigenvalue weighted by molar-refractivity contribution is 7.10. The van der Waals surface area contributed by atoms with Gasteiger partial charge in [0.15, 0.2) is 0 Å². The van der Waals surface area contributed by atoms with Crippen molar-refractivity contribution in [1.29, 1.82) is 0 Å². The van der Waals surface area contributed by atoms with Gasteiger partial charge >= 0.3 is 6.03 Å². The molecule has 2 aromatic carbocycles. The lowest BCUT2D eigenvalue weighted by atomic mass is 10.00. The second-order valence-corrected chi connectivity index (χ2v) is 11.0. The average Bonchev–Trinajstić information content (AvgIpc) is 3.38. The molecule has 1 aromatic heterocycles. The zero-order valence-corrected chi connectivity index (χ0v) is 23.0. The van der Waals surface area contributed by atoms with Crippen LogP contribution in [0.1, 0.15) is 47.9 Å². The molecule has 3 aromatic rings. The number of aryl methyl sites for hydroxylation is 2. The van der Waals surface area contributed by atoms with Crippen LogP contribution in [-0.2, 0) is 11.2 Å². The maximum Gasteiger partial charge on any atom is 0.322 e. The summed E-state index contributed by atoms with van der Waals surface area (Å²) in [5, 5.41) is 5.06. The van der Waals surface area contributed by atoms with Crippen LogP contribution in [0.4, 0.5) is 10.5 Å². The maximum absolute atomic E-state index is 13.7. The Morgan fingerprint density at radius 2 is 1.76 bits per heavy atom. The van der Waals surface area contributed by atoms with E-state index in [0.29, 0.717) is 19.7 Å². The lowest BCUT2D eigenvalue weighted by molar-refractivity contribution is -0.135. The Balaban J connectivity index is 1.50. The number of nitrogens with zero attached hydrogens (tertiary/aromatic N) is 2. The molecule has 4 rings (SSSR count). The van der Waals surface area contributed by atoms with Gasteiger partial charge in [-0.3, -0.25) is 4.79 Å². The number of nitrogens with one attached hydrogen (secondary N) is 1.